The Morgan fingerprint density at radius 3 is 2.52 bits per heavy atom. The summed E-state index contributed by atoms with van der Waals surface area (Å²) in [7, 11) is -3.95. The maximum atomic E-state index is 12.2. The predicted molar refractivity (Wildman–Crippen MR) is 75.2 cm³/mol. The van der Waals surface area contributed by atoms with Gasteiger partial charge in [-0.1, -0.05) is 16.8 Å². The molecule has 0 aliphatic rings. The molecule has 0 bridgehead atoms. The lowest BCUT2D eigenvalue weighted by Crippen LogP contribution is -2.13. The van der Waals surface area contributed by atoms with Crippen molar-refractivity contribution in [2.24, 2.45) is 0 Å². The van der Waals surface area contributed by atoms with Gasteiger partial charge in [-0.05, 0) is 32.0 Å². The molecule has 7 nitrogen and oxygen atoms in total. The van der Waals surface area contributed by atoms with E-state index in [1.165, 1.54) is 0 Å². The van der Waals surface area contributed by atoms with Crippen molar-refractivity contribution < 1.29 is 22.8 Å². The van der Waals surface area contributed by atoms with Gasteiger partial charge in [0.2, 0.25) is 5.88 Å². The second-order valence-electron chi connectivity index (χ2n) is 4.27. The van der Waals surface area contributed by atoms with Crippen molar-refractivity contribution in [2.75, 3.05) is 4.72 Å². The third-order valence-electron chi connectivity index (χ3n) is 2.87. The van der Waals surface area contributed by atoms with E-state index in [1.807, 2.05) is 0 Å². The SMILES string of the molecule is Cc1noc(NS(=O)(=O)c2ccc(C(=O)O)c(Cl)c2)c1C. The van der Waals surface area contributed by atoms with Crippen LogP contribution in [-0.4, -0.2) is 24.7 Å². The summed E-state index contributed by atoms with van der Waals surface area (Å²) < 4.78 is 31.5. The molecule has 2 aromatic rings. The molecular formula is C12H11ClN2O5S. The number of hydrogen-bond acceptors (Lipinski definition) is 5. The highest BCUT2D eigenvalue weighted by Gasteiger charge is 2.21. The van der Waals surface area contributed by atoms with Gasteiger partial charge in [0.25, 0.3) is 10.0 Å². The van der Waals surface area contributed by atoms with Gasteiger partial charge in [0.05, 0.1) is 21.2 Å². The molecule has 1 aromatic heterocycles. The number of nitrogens with one attached hydrogen (secondary N) is 1. The number of halogens is 1. The zero-order valence-electron chi connectivity index (χ0n) is 11.0. The summed E-state index contributed by atoms with van der Waals surface area (Å²) in [6.07, 6.45) is 0. The number of hydrogen-bond donors (Lipinski definition) is 2. The Bertz CT molecular complexity index is 813. The minimum absolute atomic E-state index is 0.00549. The molecule has 0 amide bonds. The Labute approximate surface area is 125 Å². The van der Waals surface area contributed by atoms with Crippen LogP contribution in [0, 0.1) is 13.8 Å². The second-order valence-corrected chi connectivity index (χ2v) is 6.36. The third-order valence-corrected chi connectivity index (χ3v) is 4.51. The van der Waals surface area contributed by atoms with Crippen LogP contribution in [0.1, 0.15) is 21.6 Å². The molecule has 0 atom stereocenters. The highest BCUT2D eigenvalue weighted by Crippen LogP contribution is 2.25. The molecule has 0 spiro atoms. The summed E-state index contributed by atoms with van der Waals surface area (Å²) in [5.41, 5.74) is 0.945. The topological polar surface area (TPSA) is 110 Å². The number of anilines is 1. The monoisotopic (exact) mass is 330 g/mol. The molecule has 1 aromatic carbocycles. The highest BCUT2D eigenvalue weighted by atomic mass is 35.5. The lowest BCUT2D eigenvalue weighted by Gasteiger charge is -2.07. The summed E-state index contributed by atoms with van der Waals surface area (Å²) in [5.74, 6) is -1.23. The highest BCUT2D eigenvalue weighted by molar-refractivity contribution is 7.92. The van der Waals surface area contributed by atoms with Crippen LogP contribution in [0.25, 0.3) is 0 Å². The van der Waals surface area contributed by atoms with E-state index in [0.717, 1.165) is 18.2 Å². The van der Waals surface area contributed by atoms with E-state index in [1.54, 1.807) is 13.8 Å². The van der Waals surface area contributed by atoms with Gasteiger partial charge < -0.3 is 9.63 Å². The lowest BCUT2D eigenvalue weighted by molar-refractivity contribution is 0.0697. The first kappa shape index (κ1) is 15.3. The van der Waals surface area contributed by atoms with Gasteiger partial charge in [0.15, 0.2) is 0 Å². The number of aromatic nitrogens is 1. The van der Waals surface area contributed by atoms with Crippen LogP contribution in [0.4, 0.5) is 5.88 Å². The van der Waals surface area contributed by atoms with Crippen LogP contribution < -0.4 is 4.72 Å². The molecule has 0 saturated carbocycles. The zero-order chi connectivity index (χ0) is 15.8. The van der Waals surface area contributed by atoms with Crippen molar-refractivity contribution in [3.05, 3.63) is 40.0 Å². The Kier molecular flexibility index (Phi) is 3.93. The fourth-order valence-corrected chi connectivity index (χ4v) is 2.93. The van der Waals surface area contributed by atoms with Crippen molar-refractivity contribution in [3.8, 4) is 0 Å². The number of carbonyl (C=O) groups is 1. The Balaban J connectivity index is 2.38. The fourth-order valence-electron chi connectivity index (χ4n) is 1.53. The first-order valence-electron chi connectivity index (χ1n) is 5.71. The molecule has 0 unspecified atom stereocenters. The molecular weight excluding hydrogens is 320 g/mol. The van der Waals surface area contributed by atoms with E-state index in [4.69, 9.17) is 21.2 Å². The van der Waals surface area contributed by atoms with Crippen molar-refractivity contribution in [1.82, 2.24) is 5.16 Å². The number of aryl methyl sites for hydroxylation is 1. The molecule has 9 heteroatoms. The zero-order valence-corrected chi connectivity index (χ0v) is 12.6. The van der Waals surface area contributed by atoms with Crippen LogP contribution in [-0.2, 0) is 10.0 Å². The number of nitrogens with zero attached hydrogens (tertiary/aromatic N) is 1. The Morgan fingerprint density at radius 2 is 2.05 bits per heavy atom. The number of carboxylic acid groups (broad SMARTS) is 1. The average Bonchev–Trinajstić information content (AvgIpc) is 2.69. The minimum Gasteiger partial charge on any atom is -0.478 e. The van der Waals surface area contributed by atoms with Crippen molar-refractivity contribution in [1.29, 1.82) is 0 Å². The van der Waals surface area contributed by atoms with Gasteiger partial charge in [-0.3, -0.25) is 0 Å². The average molecular weight is 331 g/mol. The minimum atomic E-state index is -3.95. The van der Waals surface area contributed by atoms with Crippen LogP contribution >= 0.6 is 11.6 Å². The van der Waals surface area contributed by atoms with E-state index < -0.39 is 16.0 Å². The first-order chi connectivity index (χ1) is 9.72. The van der Waals surface area contributed by atoms with E-state index >= 15 is 0 Å². The maximum Gasteiger partial charge on any atom is 0.337 e. The van der Waals surface area contributed by atoms with E-state index in [9.17, 15) is 13.2 Å². The van der Waals surface area contributed by atoms with E-state index in [-0.39, 0.29) is 21.4 Å². The Morgan fingerprint density at radius 1 is 1.38 bits per heavy atom. The fraction of sp³-hybridized carbons (Fsp3) is 0.167. The summed E-state index contributed by atoms with van der Waals surface area (Å²) in [5, 5.41) is 12.3. The van der Waals surface area contributed by atoms with Crippen molar-refractivity contribution >= 4 is 33.5 Å². The number of benzene rings is 1. The number of rotatable bonds is 4. The molecule has 0 fully saturated rings. The van der Waals surface area contributed by atoms with Gasteiger partial charge in [-0.15, -0.1) is 0 Å². The molecule has 0 aliphatic heterocycles. The standard InChI is InChI=1S/C12H11ClN2O5S/c1-6-7(2)14-20-11(6)15-21(18,19)8-3-4-9(12(16)17)10(13)5-8/h3-5,15H,1-2H3,(H,16,17). The van der Waals surface area contributed by atoms with Crippen LogP contribution in [0.2, 0.25) is 5.02 Å². The van der Waals surface area contributed by atoms with E-state index in [2.05, 4.69) is 9.88 Å². The van der Waals surface area contributed by atoms with Gasteiger partial charge in [0.1, 0.15) is 0 Å². The summed E-state index contributed by atoms with van der Waals surface area (Å²) in [6.45, 7) is 3.33. The summed E-state index contributed by atoms with van der Waals surface area (Å²) in [6, 6.07) is 3.33. The first-order valence-corrected chi connectivity index (χ1v) is 7.57. The van der Waals surface area contributed by atoms with Gasteiger partial charge >= 0.3 is 5.97 Å². The predicted octanol–water partition coefficient (Wildman–Crippen LogP) is 2.44. The molecule has 112 valence electrons. The largest absolute Gasteiger partial charge is 0.478 e. The van der Waals surface area contributed by atoms with Crippen LogP contribution in [0.5, 0.6) is 0 Å². The van der Waals surface area contributed by atoms with Gasteiger partial charge in [-0.2, -0.15) is 0 Å². The molecule has 0 saturated heterocycles. The normalized spacial score (nSPS) is 11.4. The number of aromatic carboxylic acids is 1. The molecule has 2 N–H and O–H groups in total. The molecule has 0 aliphatic carbocycles. The molecule has 0 radical (unpaired) electrons. The lowest BCUT2D eigenvalue weighted by atomic mass is 10.2. The molecule has 21 heavy (non-hydrogen) atoms. The quantitative estimate of drug-likeness (QED) is 0.891. The van der Waals surface area contributed by atoms with Crippen LogP contribution in [0.3, 0.4) is 0 Å². The number of sulfonamides is 1. The summed E-state index contributed by atoms with van der Waals surface area (Å²) in [4.78, 5) is 10.7. The smallest absolute Gasteiger partial charge is 0.337 e. The maximum absolute atomic E-state index is 12.2. The number of carboxylic acids is 1. The third kappa shape index (κ3) is 3.01. The van der Waals surface area contributed by atoms with Gasteiger partial charge in [0, 0.05) is 5.56 Å². The molecule has 2 rings (SSSR count). The molecule has 1 heterocycles. The van der Waals surface area contributed by atoms with Crippen molar-refractivity contribution in [2.45, 2.75) is 18.7 Å². The second kappa shape index (κ2) is 5.38. The van der Waals surface area contributed by atoms with Crippen LogP contribution in [0.15, 0.2) is 27.6 Å². The Hall–Kier alpha value is -2.06. The van der Waals surface area contributed by atoms with Gasteiger partial charge in [-0.25, -0.2) is 17.9 Å². The summed E-state index contributed by atoms with van der Waals surface area (Å²) >= 11 is 5.76. The van der Waals surface area contributed by atoms with E-state index in [0.29, 0.717) is 11.3 Å². The van der Waals surface area contributed by atoms with Crippen molar-refractivity contribution in [3.63, 3.8) is 0 Å².